The molecular weight excluding hydrogens is 395 g/mol. The highest BCUT2D eigenvalue weighted by Crippen LogP contribution is 2.12. The molecule has 2 atom stereocenters. The summed E-state index contributed by atoms with van der Waals surface area (Å²) in [5, 5.41) is 12.3. The fourth-order valence-corrected chi connectivity index (χ4v) is 3.41. The molecule has 9 heteroatoms. The van der Waals surface area contributed by atoms with Gasteiger partial charge in [0.2, 0.25) is 7.28 Å². The molecule has 1 heterocycles. The number of Topliss-reactive ketones (excluding diaryl/α,β-unsaturated/α-hetero) is 1. The van der Waals surface area contributed by atoms with E-state index in [4.69, 9.17) is 10.00 Å². The predicted molar refractivity (Wildman–Crippen MR) is 126 cm³/mol. The van der Waals surface area contributed by atoms with E-state index in [0.717, 1.165) is 35.5 Å². The molecule has 2 aromatic rings. The fourth-order valence-electron chi connectivity index (χ4n) is 3.02. The second kappa shape index (κ2) is 12.1. The van der Waals surface area contributed by atoms with Crippen LogP contribution in [0.25, 0.3) is 0 Å². The predicted octanol–water partition coefficient (Wildman–Crippen LogP) is 0.401. The standard InChI is InChI=1S/C21H26B2N3O3P/c1-14-8-9-18(30)20(19(14)22)29-12-17(27)15(6-2-4-10-23-13-24)26-21(28)16-7-3-5-11-25-16/h3,5,7-9,11,15,23H,2,4,6,10,12,22,30H2,1H3,(H,26,28)/t15-/m0/s1. The van der Waals surface area contributed by atoms with Gasteiger partial charge < -0.3 is 10.1 Å². The number of amides is 1. The molecule has 1 N–H and O–H groups in total. The Morgan fingerprint density at radius 2 is 2.13 bits per heavy atom. The molecule has 6 nitrogen and oxygen atoms in total. The molecular formula is C21H26B2N3O3P. The largest absolute Gasteiger partial charge is 0.486 e. The topological polar surface area (TPSA) is 92.1 Å². The van der Waals surface area contributed by atoms with Gasteiger partial charge in [-0.1, -0.05) is 42.9 Å². The lowest BCUT2D eigenvalue weighted by atomic mass is 9.75. The summed E-state index contributed by atoms with van der Waals surface area (Å²) in [6.07, 6.45) is 4.37. The zero-order chi connectivity index (χ0) is 21.9. The van der Waals surface area contributed by atoms with Crippen LogP contribution in [-0.4, -0.2) is 44.4 Å². The number of ketones is 1. The quantitative estimate of drug-likeness (QED) is 0.322. The molecule has 30 heavy (non-hydrogen) atoms. The summed E-state index contributed by atoms with van der Waals surface area (Å²) in [6, 6.07) is 8.33. The third-order valence-electron chi connectivity index (χ3n) is 4.94. The number of nitrogens with zero attached hydrogens (tertiary/aromatic N) is 2. The van der Waals surface area contributed by atoms with Crippen LogP contribution in [0.2, 0.25) is 6.32 Å². The van der Waals surface area contributed by atoms with Crippen LogP contribution in [0, 0.1) is 18.2 Å². The molecule has 1 aromatic carbocycles. The van der Waals surface area contributed by atoms with Crippen LogP contribution in [0.15, 0.2) is 36.5 Å². The van der Waals surface area contributed by atoms with Gasteiger partial charge in [-0.15, -0.1) is 9.24 Å². The number of unbranched alkanes of at least 4 members (excludes halogenated alkanes) is 1. The molecule has 0 saturated carbocycles. The zero-order valence-corrected chi connectivity index (χ0v) is 18.6. The maximum atomic E-state index is 12.9. The van der Waals surface area contributed by atoms with Gasteiger partial charge in [-0.25, -0.2) is 5.26 Å². The molecule has 0 aliphatic carbocycles. The Kier molecular flexibility index (Phi) is 9.57. The van der Waals surface area contributed by atoms with Crippen molar-refractivity contribution >= 4 is 46.8 Å². The Hall–Kier alpha value is -2.64. The molecule has 1 aromatic heterocycles. The number of pyridine rings is 1. The average Bonchev–Trinajstić information content (AvgIpc) is 2.75. The molecule has 154 valence electrons. The number of ether oxygens (including phenoxy) is 1. The first kappa shape index (κ1) is 23.6. The van der Waals surface area contributed by atoms with Gasteiger partial charge in [0.25, 0.3) is 5.91 Å². The van der Waals surface area contributed by atoms with Crippen molar-refractivity contribution in [1.82, 2.24) is 10.3 Å². The van der Waals surface area contributed by atoms with E-state index >= 15 is 0 Å². The van der Waals surface area contributed by atoms with E-state index in [1.807, 2.05) is 26.9 Å². The van der Waals surface area contributed by atoms with Crippen LogP contribution >= 0.6 is 9.24 Å². The highest BCUT2D eigenvalue weighted by molar-refractivity contribution is 7.27. The van der Waals surface area contributed by atoms with Crippen molar-refractivity contribution in [1.29, 1.82) is 5.26 Å². The highest BCUT2D eigenvalue weighted by atomic mass is 31.0. The van der Waals surface area contributed by atoms with Crippen molar-refractivity contribution in [2.75, 3.05) is 6.61 Å². The zero-order valence-electron chi connectivity index (χ0n) is 17.5. The van der Waals surface area contributed by atoms with E-state index in [0.29, 0.717) is 19.4 Å². The van der Waals surface area contributed by atoms with Gasteiger partial charge in [-0.3, -0.25) is 14.6 Å². The van der Waals surface area contributed by atoms with Crippen LogP contribution in [0.1, 0.15) is 35.3 Å². The van der Waals surface area contributed by atoms with Crippen molar-refractivity contribution in [3.05, 3.63) is 47.8 Å². The van der Waals surface area contributed by atoms with E-state index in [9.17, 15) is 9.59 Å². The smallest absolute Gasteiger partial charge is 0.270 e. The van der Waals surface area contributed by atoms with E-state index in [1.54, 1.807) is 18.2 Å². The number of nitrogens with one attached hydrogen (secondary N) is 1. The SMILES string of the molecule is Bc1c(C)ccc(P)c1OCC(=O)[C@H](CCCCBC#N)NC(=O)c1ccccn1. The van der Waals surface area contributed by atoms with Crippen molar-refractivity contribution in [2.24, 2.45) is 0 Å². The van der Waals surface area contributed by atoms with E-state index in [-0.39, 0.29) is 24.0 Å². The number of carbonyl (C=O) groups excluding carboxylic acids is 2. The molecule has 0 aliphatic rings. The lowest BCUT2D eigenvalue weighted by Crippen LogP contribution is -2.43. The molecule has 0 aliphatic heterocycles. The molecule has 1 amide bonds. The Morgan fingerprint density at radius 3 is 2.83 bits per heavy atom. The molecule has 0 spiro atoms. The first-order chi connectivity index (χ1) is 14.4. The number of aryl methyl sites for hydroxylation is 1. The van der Waals surface area contributed by atoms with Crippen LogP contribution < -0.4 is 20.8 Å². The van der Waals surface area contributed by atoms with Crippen molar-refractivity contribution in [3.8, 4) is 11.7 Å². The number of hydrogen-bond donors (Lipinski definition) is 1. The summed E-state index contributed by atoms with van der Waals surface area (Å²) in [7, 11) is 5.07. The minimum atomic E-state index is -0.667. The lowest BCUT2D eigenvalue weighted by molar-refractivity contribution is -0.123. The molecule has 1 unspecified atom stereocenters. The van der Waals surface area contributed by atoms with Gasteiger partial charge in [-0.05, 0) is 36.9 Å². The maximum Gasteiger partial charge on any atom is 0.270 e. The Balaban J connectivity index is 2.04. The van der Waals surface area contributed by atoms with Crippen molar-refractivity contribution in [2.45, 2.75) is 38.5 Å². The number of rotatable bonds is 11. The number of carbonyl (C=O) groups is 2. The molecule has 2 rings (SSSR count). The van der Waals surface area contributed by atoms with Gasteiger partial charge >= 0.3 is 0 Å². The lowest BCUT2D eigenvalue weighted by Gasteiger charge is -2.19. The minimum absolute atomic E-state index is 0.128. The number of aromatic nitrogens is 1. The molecule has 0 saturated heterocycles. The van der Waals surface area contributed by atoms with E-state index < -0.39 is 6.04 Å². The maximum absolute atomic E-state index is 12.9. The molecule has 0 bridgehead atoms. The number of hydrogen-bond acceptors (Lipinski definition) is 5. The highest BCUT2D eigenvalue weighted by Gasteiger charge is 2.22. The van der Waals surface area contributed by atoms with Crippen molar-refractivity contribution in [3.63, 3.8) is 0 Å². The minimum Gasteiger partial charge on any atom is -0.486 e. The summed E-state index contributed by atoms with van der Waals surface area (Å²) in [5.41, 5.74) is 2.34. The monoisotopic (exact) mass is 421 g/mol. The first-order valence-corrected chi connectivity index (χ1v) is 10.6. The van der Waals surface area contributed by atoms with Crippen LogP contribution in [0.4, 0.5) is 0 Å². The summed E-state index contributed by atoms with van der Waals surface area (Å²) < 4.78 is 5.84. The Morgan fingerprint density at radius 1 is 1.33 bits per heavy atom. The van der Waals surface area contributed by atoms with E-state index in [1.165, 1.54) is 6.20 Å². The average molecular weight is 421 g/mol. The van der Waals surface area contributed by atoms with Gasteiger partial charge in [0.05, 0.1) is 6.04 Å². The second-order valence-corrected chi connectivity index (χ2v) is 7.80. The molecule has 0 fully saturated rings. The Labute approximate surface area is 181 Å². The van der Waals surface area contributed by atoms with Gasteiger partial charge in [0.15, 0.2) is 5.78 Å². The second-order valence-electron chi connectivity index (χ2n) is 7.18. The summed E-state index contributed by atoms with van der Waals surface area (Å²) in [6.45, 7) is 1.86. The summed E-state index contributed by atoms with van der Waals surface area (Å²) in [4.78, 5) is 29.4. The van der Waals surface area contributed by atoms with Gasteiger partial charge in [-0.2, -0.15) is 0 Å². The van der Waals surface area contributed by atoms with E-state index in [2.05, 4.69) is 25.5 Å². The number of nitriles is 1. The van der Waals surface area contributed by atoms with Gasteiger partial charge in [0.1, 0.15) is 25.9 Å². The van der Waals surface area contributed by atoms with Crippen LogP contribution in [0.5, 0.6) is 5.75 Å². The first-order valence-electron chi connectivity index (χ1n) is 10.0. The third-order valence-corrected chi connectivity index (χ3v) is 5.39. The summed E-state index contributed by atoms with van der Waals surface area (Å²) in [5.74, 6) is 2.22. The van der Waals surface area contributed by atoms with Gasteiger partial charge in [0, 0.05) is 11.5 Å². The van der Waals surface area contributed by atoms with Crippen LogP contribution in [0.3, 0.4) is 0 Å². The third kappa shape index (κ3) is 7.00. The van der Waals surface area contributed by atoms with Crippen LogP contribution in [-0.2, 0) is 4.79 Å². The van der Waals surface area contributed by atoms with Crippen molar-refractivity contribution < 1.29 is 14.3 Å². The normalized spacial score (nSPS) is 11.2. The molecule has 0 radical (unpaired) electrons. The number of benzene rings is 1. The Bertz CT molecular complexity index is 920. The fraction of sp³-hybridized carbons (Fsp3) is 0.333. The summed E-state index contributed by atoms with van der Waals surface area (Å²) >= 11 is 0.